The fraction of sp³-hybridized carbons (Fsp3) is 0.500. The number of nitrogen functional groups attached to an aromatic ring is 1. The van der Waals surface area contributed by atoms with Gasteiger partial charge in [-0.1, -0.05) is 0 Å². The van der Waals surface area contributed by atoms with E-state index in [0.29, 0.717) is 19.4 Å². The molecule has 0 bridgehead atoms. The van der Waals surface area contributed by atoms with Crippen molar-refractivity contribution in [3.8, 4) is 0 Å². The van der Waals surface area contributed by atoms with Crippen molar-refractivity contribution in [3.63, 3.8) is 0 Å². The van der Waals surface area contributed by atoms with E-state index in [4.69, 9.17) is 5.73 Å². The topological polar surface area (TPSA) is 105 Å². The summed E-state index contributed by atoms with van der Waals surface area (Å²) in [6.07, 6.45) is 2.78. The second-order valence-corrected chi connectivity index (χ2v) is 6.61. The molecule has 0 aliphatic carbocycles. The van der Waals surface area contributed by atoms with Crippen LogP contribution in [0.15, 0.2) is 23.2 Å². The smallest absolute Gasteiger partial charge is 0.246 e. The third-order valence-electron chi connectivity index (χ3n) is 3.42. The van der Waals surface area contributed by atoms with Gasteiger partial charge in [0.15, 0.2) is 0 Å². The lowest BCUT2D eigenvalue weighted by atomic mass is 9.99. The van der Waals surface area contributed by atoms with Gasteiger partial charge in [-0.2, -0.15) is 4.31 Å². The summed E-state index contributed by atoms with van der Waals surface area (Å²) in [5, 5.41) is 2.56. The van der Waals surface area contributed by atoms with Crippen LogP contribution in [0.3, 0.4) is 0 Å². The van der Waals surface area contributed by atoms with Crippen LogP contribution >= 0.6 is 0 Å². The van der Waals surface area contributed by atoms with E-state index in [1.807, 2.05) is 0 Å². The lowest BCUT2D eigenvalue weighted by Crippen LogP contribution is -2.44. The highest BCUT2D eigenvalue weighted by Crippen LogP contribution is 2.25. The SMILES string of the molecule is CNC(=O)C1CCCN(S(=O)(=O)c2cccnc2N)C1. The number of nitrogens with one attached hydrogen (secondary N) is 1. The second kappa shape index (κ2) is 5.76. The molecule has 0 aromatic carbocycles. The van der Waals surface area contributed by atoms with Gasteiger partial charge < -0.3 is 11.1 Å². The Balaban J connectivity index is 2.26. The average molecular weight is 298 g/mol. The molecule has 8 heteroatoms. The van der Waals surface area contributed by atoms with Crippen LogP contribution in [0.4, 0.5) is 5.82 Å². The Labute approximate surface area is 118 Å². The van der Waals surface area contributed by atoms with Gasteiger partial charge in [-0.05, 0) is 25.0 Å². The van der Waals surface area contributed by atoms with Crippen LogP contribution < -0.4 is 11.1 Å². The molecule has 2 heterocycles. The molecule has 1 amide bonds. The van der Waals surface area contributed by atoms with E-state index in [-0.39, 0.29) is 29.1 Å². The Morgan fingerprint density at radius 3 is 2.95 bits per heavy atom. The minimum absolute atomic E-state index is 0.00226. The number of piperidine rings is 1. The number of amides is 1. The Morgan fingerprint density at radius 2 is 2.30 bits per heavy atom. The molecule has 2 rings (SSSR count). The van der Waals surface area contributed by atoms with Crippen molar-refractivity contribution in [1.82, 2.24) is 14.6 Å². The van der Waals surface area contributed by atoms with E-state index in [2.05, 4.69) is 10.3 Å². The van der Waals surface area contributed by atoms with Crippen molar-refractivity contribution in [2.24, 2.45) is 5.92 Å². The molecule has 7 nitrogen and oxygen atoms in total. The highest BCUT2D eigenvalue weighted by atomic mass is 32.2. The molecule has 1 aromatic rings. The number of aromatic nitrogens is 1. The molecule has 3 N–H and O–H groups in total. The molecular weight excluding hydrogens is 280 g/mol. The minimum Gasteiger partial charge on any atom is -0.383 e. The van der Waals surface area contributed by atoms with Gasteiger partial charge in [0.25, 0.3) is 0 Å². The third-order valence-corrected chi connectivity index (χ3v) is 5.33. The van der Waals surface area contributed by atoms with Crippen LogP contribution in [0.5, 0.6) is 0 Å². The molecule has 110 valence electrons. The molecule has 1 unspecified atom stereocenters. The molecule has 1 aliphatic rings. The number of carbonyl (C=O) groups excluding carboxylic acids is 1. The number of pyridine rings is 1. The molecule has 1 fully saturated rings. The fourth-order valence-corrected chi connectivity index (χ4v) is 3.93. The first kappa shape index (κ1) is 14.7. The summed E-state index contributed by atoms with van der Waals surface area (Å²) in [5.41, 5.74) is 5.64. The van der Waals surface area contributed by atoms with Gasteiger partial charge in [0.05, 0.1) is 5.92 Å². The zero-order chi connectivity index (χ0) is 14.8. The maximum atomic E-state index is 12.5. The van der Waals surface area contributed by atoms with Gasteiger partial charge in [-0.25, -0.2) is 13.4 Å². The van der Waals surface area contributed by atoms with E-state index in [0.717, 1.165) is 0 Å². The minimum atomic E-state index is -3.70. The standard InChI is InChI=1S/C12H18N4O3S/c1-14-12(17)9-4-3-7-16(8-9)20(18,19)10-5-2-6-15-11(10)13/h2,5-6,9H,3-4,7-8H2,1H3,(H2,13,15)(H,14,17). The molecular formula is C12H18N4O3S. The van der Waals surface area contributed by atoms with Gasteiger partial charge in [-0.15, -0.1) is 0 Å². The number of anilines is 1. The number of sulfonamides is 1. The number of rotatable bonds is 3. The Morgan fingerprint density at radius 1 is 1.55 bits per heavy atom. The molecule has 0 radical (unpaired) electrons. The molecule has 1 aromatic heterocycles. The van der Waals surface area contributed by atoms with E-state index in [9.17, 15) is 13.2 Å². The lowest BCUT2D eigenvalue weighted by molar-refractivity contribution is -0.125. The van der Waals surface area contributed by atoms with Gasteiger partial charge in [0.1, 0.15) is 10.7 Å². The molecule has 0 saturated carbocycles. The van der Waals surface area contributed by atoms with Crippen LogP contribution in [0.2, 0.25) is 0 Å². The molecule has 0 spiro atoms. The number of hydrogen-bond donors (Lipinski definition) is 2. The Kier molecular flexibility index (Phi) is 4.24. The summed E-state index contributed by atoms with van der Waals surface area (Å²) in [7, 11) is -2.15. The van der Waals surface area contributed by atoms with Crippen LogP contribution in [-0.2, 0) is 14.8 Å². The number of hydrogen-bond acceptors (Lipinski definition) is 5. The first-order valence-electron chi connectivity index (χ1n) is 6.39. The van der Waals surface area contributed by atoms with Crippen molar-refractivity contribution in [1.29, 1.82) is 0 Å². The summed E-state index contributed by atoms with van der Waals surface area (Å²) < 4.78 is 26.4. The van der Waals surface area contributed by atoms with Gasteiger partial charge in [0.2, 0.25) is 15.9 Å². The van der Waals surface area contributed by atoms with Crippen molar-refractivity contribution < 1.29 is 13.2 Å². The number of nitrogens with two attached hydrogens (primary N) is 1. The predicted octanol–water partition coefficient (Wildman–Crippen LogP) is -0.189. The van der Waals surface area contributed by atoms with E-state index in [1.54, 1.807) is 7.05 Å². The fourth-order valence-electron chi connectivity index (χ4n) is 2.34. The summed E-state index contributed by atoms with van der Waals surface area (Å²) in [6.45, 7) is 0.570. The third kappa shape index (κ3) is 2.75. The van der Waals surface area contributed by atoms with Crippen LogP contribution in [-0.4, -0.2) is 43.8 Å². The van der Waals surface area contributed by atoms with Gasteiger partial charge in [-0.3, -0.25) is 4.79 Å². The first-order valence-corrected chi connectivity index (χ1v) is 7.83. The molecule has 1 saturated heterocycles. The second-order valence-electron chi connectivity index (χ2n) is 4.70. The van der Waals surface area contributed by atoms with Gasteiger partial charge in [0, 0.05) is 26.3 Å². The lowest BCUT2D eigenvalue weighted by Gasteiger charge is -2.31. The molecule has 1 atom stereocenters. The quantitative estimate of drug-likeness (QED) is 0.804. The summed E-state index contributed by atoms with van der Waals surface area (Å²) in [4.78, 5) is 15.5. The monoisotopic (exact) mass is 298 g/mol. The van der Waals surface area contributed by atoms with Crippen molar-refractivity contribution >= 4 is 21.7 Å². The summed E-state index contributed by atoms with van der Waals surface area (Å²) >= 11 is 0. The van der Waals surface area contributed by atoms with Crippen LogP contribution in [0.1, 0.15) is 12.8 Å². The number of nitrogens with zero attached hydrogens (tertiary/aromatic N) is 2. The van der Waals surface area contributed by atoms with E-state index >= 15 is 0 Å². The Bertz CT molecular complexity index is 602. The maximum Gasteiger partial charge on any atom is 0.246 e. The average Bonchev–Trinajstić information content (AvgIpc) is 2.47. The first-order chi connectivity index (χ1) is 9.46. The highest BCUT2D eigenvalue weighted by Gasteiger charge is 2.34. The molecule has 1 aliphatic heterocycles. The predicted molar refractivity (Wildman–Crippen MR) is 74.2 cm³/mol. The van der Waals surface area contributed by atoms with Crippen LogP contribution in [0, 0.1) is 5.92 Å². The van der Waals surface area contributed by atoms with Crippen molar-refractivity contribution in [3.05, 3.63) is 18.3 Å². The van der Waals surface area contributed by atoms with Gasteiger partial charge >= 0.3 is 0 Å². The highest BCUT2D eigenvalue weighted by molar-refractivity contribution is 7.89. The van der Waals surface area contributed by atoms with Crippen molar-refractivity contribution in [2.75, 3.05) is 25.9 Å². The zero-order valence-electron chi connectivity index (χ0n) is 11.2. The van der Waals surface area contributed by atoms with E-state index < -0.39 is 10.0 Å². The van der Waals surface area contributed by atoms with Crippen molar-refractivity contribution in [2.45, 2.75) is 17.7 Å². The zero-order valence-corrected chi connectivity index (χ0v) is 12.1. The largest absolute Gasteiger partial charge is 0.383 e. The number of carbonyl (C=O) groups is 1. The molecule has 20 heavy (non-hydrogen) atoms. The van der Waals surface area contributed by atoms with Crippen LogP contribution in [0.25, 0.3) is 0 Å². The summed E-state index contributed by atoms with van der Waals surface area (Å²) in [5.74, 6) is -0.472. The maximum absolute atomic E-state index is 12.5. The Hall–Kier alpha value is -1.67. The summed E-state index contributed by atoms with van der Waals surface area (Å²) in [6, 6.07) is 2.96. The normalized spacial score (nSPS) is 20.6. The van der Waals surface area contributed by atoms with E-state index in [1.165, 1.54) is 22.6 Å².